The maximum atomic E-state index is 13.0. The number of nitrogens with zero attached hydrogens (tertiary/aromatic N) is 4. The minimum absolute atomic E-state index is 0.223. The number of aromatic nitrogens is 3. The Hall–Kier alpha value is -3.68. The Morgan fingerprint density at radius 3 is 2.83 bits per heavy atom. The number of morpholine rings is 1. The van der Waals surface area contributed by atoms with E-state index in [1.54, 1.807) is 30.5 Å². The first-order valence-electron chi connectivity index (χ1n) is 9.46. The molecule has 154 valence electrons. The van der Waals surface area contributed by atoms with Crippen LogP contribution in [-0.2, 0) is 16.1 Å². The third-order valence-corrected chi connectivity index (χ3v) is 4.77. The third-order valence-electron chi connectivity index (χ3n) is 4.77. The van der Waals surface area contributed by atoms with Crippen molar-refractivity contribution in [2.45, 2.75) is 13.5 Å². The summed E-state index contributed by atoms with van der Waals surface area (Å²) >= 11 is 0. The molecule has 0 N–H and O–H groups in total. The number of carbonyl (C=O) groups is 1. The van der Waals surface area contributed by atoms with Gasteiger partial charge >= 0.3 is 0 Å². The molecular weight excluding hydrogens is 387 g/mol. The molecule has 1 aliphatic rings. The van der Waals surface area contributed by atoms with Crippen molar-refractivity contribution in [1.29, 1.82) is 0 Å². The molecular formula is C22H21FN4O3. The zero-order valence-electron chi connectivity index (χ0n) is 16.7. The van der Waals surface area contributed by atoms with Crippen molar-refractivity contribution < 1.29 is 18.7 Å². The monoisotopic (exact) mass is 408 g/mol. The number of aryl methyl sites for hydroxylation is 1. The van der Waals surface area contributed by atoms with E-state index < -0.39 is 5.95 Å². The Labute approximate surface area is 173 Å². The third kappa shape index (κ3) is 4.17. The second-order valence-corrected chi connectivity index (χ2v) is 6.93. The highest BCUT2D eigenvalue weighted by Crippen LogP contribution is 2.26. The Bertz CT molecular complexity index is 1090. The molecule has 1 aliphatic heterocycles. The summed E-state index contributed by atoms with van der Waals surface area (Å²) in [4.78, 5) is 22.4. The molecule has 1 fully saturated rings. The molecule has 3 heterocycles. The average Bonchev–Trinajstić information content (AvgIpc) is 3.18. The Kier molecular flexibility index (Phi) is 5.47. The van der Waals surface area contributed by atoms with Crippen LogP contribution in [0.1, 0.15) is 16.8 Å². The van der Waals surface area contributed by atoms with Crippen LogP contribution in [0.2, 0.25) is 0 Å². The number of hydrogen-bond donors (Lipinski definition) is 0. The van der Waals surface area contributed by atoms with E-state index in [0.29, 0.717) is 25.4 Å². The van der Waals surface area contributed by atoms with Gasteiger partial charge in [-0.05, 0) is 42.3 Å². The largest absolute Gasteiger partial charge is 0.495 e. The summed E-state index contributed by atoms with van der Waals surface area (Å²) in [6.07, 6.45) is 6.76. The van der Waals surface area contributed by atoms with Gasteiger partial charge in [0.05, 0.1) is 31.4 Å². The van der Waals surface area contributed by atoms with Crippen LogP contribution in [0.5, 0.6) is 5.75 Å². The lowest BCUT2D eigenvalue weighted by Gasteiger charge is -2.28. The number of rotatable bonds is 5. The molecule has 0 atom stereocenters. The predicted molar refractivity (Wildman–Crippen MR) is 108 cm³/mol. The number of methoxy groups -OCH3 is 1. The van der Waals surface area contributed by atoms with Crippen LogP contribution in [0.15, 0.2) is 54.8 Å². The number of hydrogen-bond acceptors (Lipinski definition) is 5. The topological polar surface area (TPSA) is 69.5 Å². The van der Waals surface area contributed by atoms with Crippen LogP contribution in [0.25, 0.3) is 11.8 Å². The SMILES string of the molecule is COc1cc(/C=C2\OCCN(Cc3ccc(F)nc3)C2=O)ccc1-n1cnc(C)c1. The summed E-state index contributed by atoms with van der Waals surface area (Å²) in [5.41, 5.74) is 3.29. The molecule has 7 nitrogen and oxygen atoms in total. The van der Waals surface area contributed by atoms with Gasteiger partial charge < -0.3 is 18.9 Å². The number of carbonyl (C=O) groups excluding carboxylic acids is 1. The summed E-state index contributed by atoms with van der Waals surface area (Å²) < 4.78 is 26.0. The van der Waals surface area contributed by atoms with Gasteiger partial charge in [-0.3, -0.25) is 4.79 Å². The number of ether oxygens (including phenoxy) is 2. The molecule has 1 saturated heterocycles. The van der Waals surface area contributed by atoms with Crippen LogP contribution in [0, 0.1) is 12.9 Å². The second kappa shape index (κ2) is 8.36. The fraction of sp³-hybridized carbons (Fsp3) is 0.227. The van der Waals surface area contributed by atoms with Crippen LogP contribution in [0.4, 0.5) is 4.39 Å². The van der Waals surface area contributed by atoms with Crippen LogP contribution in [0.3, 0.4) is 0 Å². The molecule has 8 heteroatoms. The van der Waals surface area contributed by atoms with E-state index >= 15 is 0 Å². The van der Waals surface area contributed by atoms with Crippen molar-refractivity contribution in [2.75, 3.05) is 20.3 Å². The smallest absolute Gasteiger partial charge is 0.289 e. The standard InChI is InChI=1S/C22H21FN4O3/c1-15-12-27(14-25-15)18-5-3-16(9-19(18)29-2)10-20-22(28)26(7-8-30-20)13-17-4-6-21(23)24-11-17/h3-6,9-12,14H,7-8,13H2,1-2H3/b20-10-. The summed E-state index contributed by atoms with van der Waals surface area (Å²) in [7, 11) is 1.60. The van der Waals surface area contributed by atoms with Gasteiger partial charge in [-0.2, -0.15) is 4.39 Å². The number of halogens is 1. The minimum Gasteiger partial charge on any atom is -0.495 e. The van der Waals surface area contributed by atoms with Crippen molar-refractivity contribution in [3.8, 4) is 11.4 Å². The van der Waals surface area contributed by atoms with Crippen molar-refractivity contribution in [3.63, 3.8) is 0 Å². The Balaban J connectivity index is 1.56. The lowest BCUT2D eigenvalue weighted by atomic mass is 10.1. The van der Waals surface area contributed by atoms with Crippen molar-refractivity contribution in [2.24, 2.45) is 0 Å². The lowest BCUT2D eigenvalue weighted by Crippen LogP contribution is -2.39. The molecule has 30 heavy (non-hydrogen) atoms. The average molecular weight is 408 g/mol. The van der Waals surface area contributed by atoms with E-state index in [1.165, 1.54) is 12.3 Å². The van der Waals surface area contributed by atoms with Crippen LogP contribution < -0.4 is 4.74 Å². The molecule has 0 unspecified atom stereocenters. The van der Waals surface area contributed by atoms with E-state index in [0.717, 1.165) is 22.5 Å². The maximum Gasteiger partial charge on any atom is 0.289 e. The number of pyridine rings is 1. The minimum atomic E-state index is -0.545. The first-order chi connectivity index (χ1) is 14.5. The number of imidazole rings is 1. The summed E-state index contributed by atoms with van der Waals surface area (Å²) in [6, 6.07) is 8.54. The van der Waals surface area contributed by atoms with Crippen molar-refractivity contribution in [1.82, 2.24) is 19.4 Å². The maximum absolute atomic E-state index is 13.0. The highest BCUT2D eigenvalue weighted by molar-refractivity contribution is 5.96. The molecule has 4 rings (SSSR count). The van der Waals surface area contributed by atoms with Gasteiger partial charge in [0.2, 0.25) is 5.95 Å². The molecule has 2 aromatic heterocycles. The predicted octanol–water partition coefficient (Wildman–Crippen LogP) is 3.12. The summed E-state index contributed by atoms with van der Waals surface area (Å²) in [5.74, 6) is 0.138. The molecule has 0 aliphatic carbocycles. The Morgan fingerprint density at radius 2 is 2.13 bits per heavy atom. The first-order valence-corrected chi connectivity index (χ1v) is 9.46. The molecule has 1 aromatic carbocycles. The van der Waals surface area contributed by atoms with E-state index in [2.05, 4.69) is 9.97 Å². The van der Waals surface area contributed by atoms with E-state index in [1.807, 2.05) is 35.9 Å². The highest BCUT2D eigenvalue weighted by atomic mass is 19.1. The zero-order valence-corrected chi connectivity index (χ0v) is 16.7. The van der Waals surface area contributed by atoms with Gasteiger partial charge in [-0.1, -0.05) is 12.1 Å². The fourth-order valence-electron chi connectivity index (χ4n) is 3.26. The van der Waals surface area contributed by atoms with E-state index in [-0.39, 0.29) is 11.7 Å². The normalized spacial score (nSPS) is 15.4. The molecule has 0 spiro atoms. The Morgan fingerprint density at radius 1 is 1.27 bits per heavy atom. The molecule has 0 saturated carbocycles. The van der Waals surface area contributed by atoms with Gasteiger partial charge in [-0.15, -0.1) is 0 Å². The van der Waals surface area contributed by atoms with Crippen LogP contribution >= 0.6 is 0 Å². The van der Waals surface area contributed by atoms with E-state index in [9.17, 15) is 9.18 Å². The van der Waals surface area contributed by atoms with Gasteiger partial charge in [0, 0.05) is 18.9 Å². The quantitative estimate of drug-likeness (QED) is 0.479. The van der Waals surface area contributed by atoms with Gasteiger partial charge in [0.15, 0.2) is 5.76 Å². The molecule has 0 radical (unpaired) electrons. The lowest BCUT2D eigenvalue weighted by molar-refractivity contribution is -0.136. The molecule has 0 bridgehead atoms. The first kappa shape index (κ1) is 19.6. The second-order valence-electron chi connectivity index (χ2n) is 6.93. The van der Waals surface area contributed by atoms with Gasteiger partial charge in [-0.25, -0.2) is 9.97 Å². The number of amides is 1. The van der Waals surface area contributed by atoms with Gasteiger partial charge in [0.1, 0.15) is 12.4 Å². The van der Waals surface area contributed by atoms with Gasteiger partial charge in [0.25, 0.3) is 5.91 Å². The molecule has 1 amide bonds. The fourth-order valence-corrected chi connectivity index (χ4v) is 3.26. The van der Waals surface area contributed by atoms with Crippen molar-refractivity contribution in [3.05, 3.63) is 77.6 Å². The van der Waals surface area contributed by atoms with Crippen molar-refractivity contribution >= 4 is 12.0 Å². The van der Waals surface area contributed by atoms with E-state index in [4.69, 9.17) is 9.47 Å². The summed E-state index contributed by atoms with van der Waals surface area (Å²) in [5, 5.41) is 0. The molecule has 3 aromatic rings. The number of benzene rings is 1. The summed E-state index contributed by atoms with van der Waals surface area (Å²) in [6.45, 7) is 3.10. The highest BCUT2D eigenvalue weighted by Gasteiger charge is 2.25. The zero-order chi connectivity index (χ0) is 21.1. The van der Waals surface area contributed by atoms with Crippen LogP contribution in [-0.4, -0.2) is 45.6 Å².